The number of likely N-dealkylation sites (N-methyl/N-ethyl adjacent to an activating group) is 1. The Kier molecular flexibility index (Phi) is 6.12. The number of carbonyl (C=O) groups excluding carboxylic acids is 2. The van der Waals surface area contributed by atoms with Crippen molar-refractivity contribution in [3.8, 4) is 5.75 Å². The van der Waals surface area contributed by atoms with Crippen LogP contribution < -0.4 is 10.1 Å². The van der Waals surface area contributed by atoms with Crippen molar-refractivity contribution >= 4 is 28.3 Å². The number of carbonyl (C=O) groups is 2. The van der Waals surface area contributed by atoms with Crippen LogP contribution in [-0.2, 0) is 11.4 Å². The molecule has 0 atom stereocenters. The number of nitrogens with one attached hydrogen (secondary N) is 1. The van der Waals surface area contributed by atoms with Crippen LogP contribution in [0.25, 0.3) is 10.8 Å². The molecule has 0 aliphatic heterocycles. The van der Waals surface area contributed by atoms with Crippen LogP contribution in [0.2, 0.25) is 0 Å². The van der Waals surface area contributed by atoms with Gasteiger partial charge in [-0.15, -0.1) is 0 Å². The van der Waals surface area contributed by atoms with Crippen LogP contribution in [0.15, 0.2) is 71.3 Å². The highest BCUT2D eigenvalue weighted by atomic mass is 16.5. The van der Waals surface area contributed by atoms with Crippen LogP contribution in [0.1, 0.15) is 22.1 Å². The molecular formula is C24H22N4O4. The summed E-state index contributed by atoms with van der Waals surface area (Å²) in [5.41, 5.74) is 1.04. The van der Waals surface area contributed by atoms with Crippen molar-refractivity contribution in [2.75, 3.05) is 18.9 Å². The summed E-state index contributed by atoms with van der Waals surface area (Å²) in [6.45, 7) is 1.64. The molecule has 0 saturated carbocycles. The fourth-order valence-corrected chi connectivity index (χ4v) is 3.33. The molecule has 0 saturated heterocycles. The van der Waals surface area contributed by atoms with Gasteiger partial charge in [-0.05, 0) is 23.6 Å². The number of para-hydroxylation sites is 1. The summed E-state index contributed by atoms with van der Waals surface area (Å²) in [4.78, 5) is 31.1. The molecule has 1 aromatic heterocycles. The van der Waals surface area contributed by atoms with Gasteiger partial charge in [-0.25, -0.2) is 0 Å². The van der Waals surface area contributed by atoms with E-state index in [1.165, 1.54) is 4.90 Å². The minimum Gasteiger partial charge on any atom is -0.485 e. The molecule has 4 aromatic rings. The van der Waals surface area contributed by atoms with E-state index in [9.17, 15) is 9.59 Å². The Labute approximate surface area is 184 Å². The molecule has 2 amide bonds. The standard InChI is InChI=1S/C24H22N4O4/c1-16-25-22(27-32-16)15-31-21-13-6-5-11-19(21)24(30)28(2)14-23(29)26-20-12-7-9-17-8-3-4-10-18(17)20/h3-13H,14-15H2,1-2H3,(H,26,29). The Balaban J connectivity index is 1.42. The predicted octanol–water partition coefficient (Wildman–Crippen LogP) is 3.82. The number of nitrogens with zero attached hydrogens (tertiary/aromatic N) is 3. The third kappa shape index (κ3) is 4.75. The largest absolute Gasteiger partial charge is 0.485 e. The fraction of sp³-hybridized carbons (Fsp3) is 0.167. The van der Waals surface area contributed by atoms with E-state index in [4.69, 9.17) is 9.26 Å². The lowest BCUT2D eigenvalue weighted by Gasteiger charge is -2.19. The molecule has 8 heteroatoms. The number of benzene rings is 3. The van der Waals surface area contributed by atoms with Crippen molar-refractivity contribution in [2.24, 2.45) is 0 Å². The maximum absolute atomic E-state index is 13.0. The molecular weight excluding hydrogens is 408 g/mol. The number of anilines is 1. The minimum absolute atomic E-state index is 0.0624. The number of fused-ring (bicyclic) bond motifs is 1. The van der Waals surface area contributed by atoms with Gasteiger partial charge in [0, 0.05) is 25.0 Å². The van der Waals surface area contributed by atoms with Crippen LogP contribution in [0.4, 0.5) is 5.69 Å². The predicted molar refractivity (Wildman–Crippen MR) is 119 cm³/mol. The van der Waals surface area contributed by atoms with Crippen LogP contribution >= 0.6 is 0 Å². The van der Waals surface area contributed by atoms with Gasteiger partial charge in [-0.2, -0.15) is 4.98 Å². The van der Waals surface area contributed by atoms with E-state index in [-0.39, 0.29) is 25.0 Å². The zero-order chi connectivity index (χ0) is 22.5. The van der Waals surface area contributed by atoms with Crippen molar-refractivity contribution in [3.63, 3.8) is 0 Å². The summed E-state index contributed by atoms with van der Waals surface area (Å²) in [5, 5.41) is 8.64. The van der Waals surface area contributed by atoms with Gasteiger partial charge in [0.1, 0.15) is 5.75 Å². The van der Waals surface area contributed by atoms with Crippen LogP contribution in [-0.4, -0.2) is 40.4 Å². The van der Waals surface area contributed by atoms with Gasteiger partial charge in [-0.3, -0.25) is 9.59 Å². The third-order valence-corrected chi connectivity index (χ3v) is 4.84. The van der Waals surface area contributed by atoms with E-state index < -0.39 is 0 Å². The highest BCUT2D eigenvalue weighted by molar-refractivity contribution is 6.04. The fourth-order valence-electron chi connectivity index (χ4n) is 3.33. The quantitative estimate of drug-likeness (QED) is 0.479. The van der Waals surface area contributed by atoms with Crippen LogP contribution in [0.5, 0.6) is 5.75 Å². The summed E-state index contributed by atoms with van der Waals surface area (Å²) in [6, 6.07) is 20.3. The molecule has 0 spiro atoms. The van der Waals surface area contributed by atoms with E-state index in [2.05, 4.69) is 15.5 Å². The molecule has 162 valence electrons. The lowest BCUT2D eigenvalue weighted by molar-refractivity contribution is -0.116. The Hall–Kier alpha value is -4.20. The average molecular weight is 430 g/mol. The van der Waals surface area contributed by atoms with Crippen molar-refractivity contribution in [1.29, 1.82) is 0 Å². The number of aryl methyl sites for hydroxylation is 1. The minimum atomic E-state index is -0.335. The van der Waals surface area contributed by atoms with Crippen molar-refractivity contribution in [2.45, 2.75) is 13.5 Å². The number of aromatic nitrogens is 2. The molecule has 0 unspecified atom stereocenters. The van der Waals surface area contributed by atoms with Crippen LogP contribution in [0.3, 0.4) is 0 Å². The first-order valence-corrected chi connectivity index (χ1v) is 10.1. The van der Waals surface area contributed by atoms with E-state index in [0.717, 1.165) is 10.8 Å². The maximum Gasteiger partial charge on any atom is 0.257 e. The lowest BCUT2D eigenvalue weighted by Crippen LogP contribution is -2.35. The monoisotopic (exact) mass is 430 g/mol. The number of hydrogen-bond acceptors (Lipinski definition) is 6. The highest BCUT2D eigenvalue weighted by Gasteiger charge is 2.19. The van der Waals surface area contributed by atoms with E-state index in [0.29, 0.717) is 28.7 Å². The maximum atomic E-state index is 13.0. The zero-order valence-electron chi connectivity index (χ0n) is 17.7. The SMILES string of the molecule is Cc1nc(COc2ccccc2C(=O)N(C)CC(=O)Nc2cccc3ccccc23)no1. The molecule has 0 radical (unpaired) electrons. The second-order valence-corrected chi connectivity index (χ2v) is 7.25. The first-order valence-electron chi connectivity index (χ1n) is 10.1. The normalized spacial score (nSPS) is 10.7. The van der Waals surface area contributed by atoms with Gasteiger partial charge < -0.3 is 19.5 Å². The van der Waals surface area contributed by atoms with Gasteiger partial charge in [0.2, 0.25) is 17.6 Å². The van der Waals surface area contributed by atoms with Crippen LogP contribution in [0, 0.1) is 6.92 Å². The Morgan fingerprint density at radius 2 is 1.78 bits per heavy atom. The first-order chi connectivity index (χ1) is 15.5. The van der Waals surface area contributed by atoms with Crippen molar-refractivity contribution in [1.82, 2.24) is 15.0 Å². The Morgan fingerprint density at radius 3 is 2.59 bits per heavy atom. The number of ether oxygens (including phenoxy) is 1. The second-order valence-electron chi connectivity index (χ2n) is 7.25. The number of amides is 2. The summed E-state index contributed by atoms with van der Waals surface area (Å²) in [7, 11) is 1.57. The van der Waals surface area contributed by atoms with Gasteiger partial charge >= 0.3 is 0 Å². The van der Waals surface area contributed by atoms with Gasteiger partial charge in [-0.1, -0.05) is 53.7 Å². The summed E-state index contributed by atoms with van der Waals surface area (Å²) < 4.78 is 10.7. The highest BCUT2D eigenvalue weighted by Crippen LogP contribution is 2.23. The van der Waals surface area contributed by atoms with Gasteiger partial charge in [0.25, 0.3) is 5.91 Å². The molecule has 8 nitrogen and oxygen atoms in total. The smallest absolute Gasteiger partial charge is 0.257 e. The molecule has 32 heavy (non-hydrogen) atoms. The summed E-state index contributed by atoms with van der Waals surface area (Å²) in [6.07, 6.45) is 0. The van der Waals surface area contributed by atoms with Gasteiger partial charge in [0.15, 0.2) is 6.61 Å². The van der Waals surface area contributed by atoms with Crippen molar-refractivity contribution in [3.05, 3.63) is 84.0 Å². The van der Waals surface area contributed by atoms with Crippen molar-refractivity contribution < 1.29 is 18.8 Å². The Bertz CT molecular complexity index is 1260. The number of hydrogen-bond donors (Lipinski definition) is 1. The first kappa shape index (κ1) is 21.0. The molecule has 1 heterocycles. The summed E-state index contributed by atoms with van der Waals surface area (Å²) >= 11 is 0. The zero-order valence-corrected chi connectivity index (χ0v) is 17.7. The van der Waals surface area contributed by atoms with Gasteiger partial charge in [0.05, 0.1) is 12.1 Å². The third-order valence-electron chi connectivity index (χ3n) is 4.84. The average Bonchev–Trinajstić information content (AvgIpc) is 3.22. The molecule has 0 fully saturated rings. The molecule has 1 N–H and O–H groups in total. The molecule has 0 aliphatic carbocycles. The molecule has 3 aromatic carbocycles. The lowest BCUT2D eigenvalue weighted by atomic mass is 10.1. The van der Waals surface area contributed by atoms with E-state index >= 15 is 0 Å². The van der Waals surface area contributed by atoms with E-state index in [1.54, 1.807) is 38.2 Å². The number of rotatable bonds is 7. The Morgan fingerprint density at radius 1 is 1.03 bits per heavy atom. The molecule has 0 bridgehead atoms. The second kappa shape index (κ2) is 9.30. The molecule has 0 aliphatic rings. The molecule has 4 rings (SSSR count). The van der Waals surface area contributed by atoms with E-state index in [1.807, 2.05) is 42.5 Å². The topological polar surface area (TPSA) is 97.6 Å². The summed E-state index contributed by atoms with van der Waals surface area (Å²) in [5.74, 6) is 0.564.